The highest BCUT2D eigenvalue weighted by molar-refractivity contribution is 14.0. The minimum Gasteiger partial charge on any atom is -0.396 e. The average Bonchev–Trinajstić information content (AvgIpc) is 2.50. The molecule has 1 aromatic rings. The lowest BCUT2D eigenvalue weighted by molar-refractivity contribution is -0.137. The first-order valence-corrected chi connectivity index (χ1v) is 7.54. The Morgan fingerprint density at radius 1 is 1.29 bits per heavy atom. The molecule has 0 spiro atoms. The van der Waals surface area contributed by atoms with E-state index in [-0.39, 0.29) is 36.5 Å². The molecule has 1 atom stereocenters. The Hall–Kier alpha value is -1.03. The van der Waals surface area contributed by atoms with Crippen molar-refractivity contribution < 1.29 is 18.3 Å². The zero-order chi connectivity index (χ0) is 17.5. The third-order valence-electron chi connectivity index (χ3n) is 3.26. The Morgan fingerprint density at radius 3 is 2.33 bits per heavy atom. The Balaban J connectivity index is 0.00000529. The third-order valence-corrected chi connectivity index (χ3v) is 3.26. The first-order chi connectivity index (χ1) is 10.8. The summed E-state index contributed by atoms with van der Waals surface area (Å²) in [5.74, 6) is 0.718. The monoisotopic (exact) mass is 459 g/mol. The summed E-state index contributed by atoms with van der Waals surface area (Å²) in [5.41, 5.74) is 0.113. The SMILES string of the molecule is CCNC(=NCC(C)CO)N(C)Cc1ccc(C(F)(F)F)cc1.I. The lowest BCUT2D eigenvalue weighted by atomic mass is 10.1. The molecule has 0 heterocycles. The summed E-state index contributed by atoms with van der Waals surface area (Å²) in [5, 5.41) is 12.2. The van der Waals surface area contributed by atoms with E-state index in [2.05, 4.69) is 10.3 Å². The fraction of sp³-hybridized carbons (Fsp3) is 0.562. The molecule has 2 N–H and O–H groups in total. The van der Waals surface area contributed by atoms with E-state index < -0.39 is 11.7 Å². The van der Waals surface area contributed by atoms with E-state index in [9.17, 15) is 13.2 Å². The number of nitrogens with one attached hydrogen (secondary N) is 1. The lowest BCUT2D eigenvalue weighted by Gasteiger charge is -2.23. The van der Waals surface area contributed by atoms with Gasteiger partial charge in [0.15, 0.2) is 5.96 Å². The molecule has 1 rings (SSSR count). The van der Waals surface area contributed by atoms with Gasteiger partial charge in [-0.15, -0.1) is 24.0 Å². The number of hydrogen-bond acceptors (Lipinski definition) is 2. The maximum absolute atomic E-state index is 12.6. The highest BCUT2D eigenvalue weighted by Gasteiger charge is 2.29. The zero-order valence-corrected chi connectivity index (χ0v) is 16.4. The number of halogens is 4. The molecule has 0 aliphatic carbocycles. The number of rotatable bonds is 6. The molecule has 138 valence electrons. The van der Waals surface area contributed by atoms with Crippen LogP contribution < -0.4 is 5.32 Å². The fourth-order valence-electron chi connectivity index (χ4n) is 1.92. The second-order valence-corrected chi connectivity index (χ2v) is 5.53. The molecule has 0 aliphatic heterocycles. The molecule has 0 amide bonds. The highest BCUT2D eigenvalue weighted by Crippen LogP contribution is 2.29. The van der Waals surface area contributed by atoms with E-state index in [1.807, 2.05) is 25.8 Å². The second kappa shape index (κ2) is 10.8. The summed E-state index contributed by atoms with van der Waals surface area (Å²) < 4.78 is 37.7. The van der Waals surface area contributed by atoms with Crippen molar-refractivity contribution >= 4 is 29.9 Å². The van der Waals surface area contributed by atoms with Crippen LogP contribution >= 0.6 is 24.0 Å². The van der Waals surface area contributed by atoms with Crippen LogP contribution in [0.15, 0.2) is 29.3 Å². The number of benzene rings is 1. The number of aliphatic hydroxyl groups excluding tert-OH is 1. The van der Waals surface area contributed by atoms with Crippen molar-refractivity contribution in [1.82, 2.24) is 10.2 Å². The number of alkyl halides is 3. The summed E-state index contributed by atoms with van der Waals surface area (Å²) in [6.07, 6.45) is -4.32. The van der Waals surface area contributed by atoms with Gasteiger partial charge in [-0.25, -0.2) is 0 Å². The van der Waals surface area contributed by atoms with Gasteiger partial charge < -0.3 is 15.3 Å². The molecule has 0 aliphatic rings. The molecule has 24 heavy (non-hydrogen) atoms. The quantitative estimate of drug-likeness (QED) is 0.390. The molecule has 1 aromatic carbocycles. The van der Waals surface area contributed by atoms with Gasteiger partial charge in [0.25, 0.3) is 0 Å². The van der Waals surface area contributed by atoms with Gasteiger partial charge >= 0.3 is 6.18 Å². The van der Waals surface area contributed by atoms with Crippen molar-refractivity contribution in [3.63, 3.8) is 0 Å². The molecule has 1 unspecified atom stereocenters. The normalized spacial score (nSPS) is 13.2. The number of guanidine groups is 1. The van der Waals surface area contributed by atoms with Gasteiger partial charge in [0.1, 0.15) is 0 Å². The smallest absolute Gasteiger partial charge is 0.396 e. The van der Waals surface area contributed by atoms with E-state index in [1.54, 1.807) is 0 Å². The van der Waals surface area contributed by atoms with Crippen LogP contribution in [-0.2, 0) is 12.7 Å². The van der Waals surface area contributed by atoms with Crippen LogP contribution in [0.1, 0.15) is 25.0 Å². The second-order valence-electron chi connectivity index (χ2n) is 5.53. The molecular weight excluding hydrogens is 434 g/mol. The van der Waals surface area contributed by atoms with Gasteiger partial charge in [0, 0.05) is 33.3 Å². The lowest BCUT2D eigenvalue weighted by Crippen LogP contribution is -2.38. The van der Waals surface area contributed by atoms with Gasteiger partial charge in [-0.1, -0.05) is 19.1 Å². The zero-order valence-electron chi connectivity index (χ0n) is 14.1. The topological polar surface area (TPSA) is 47.9 Å². The van der Waals surface area contributed by atoms with Gasteiger partial charge in [-0.2, -0.15) is 13.2 Å². The van der Waals surface area contributed by atoms with Crippen molar-refractivity contribution in [1.29, 1.82) is 0 Å². The number of aliphatic imine (C=N–C) groups is 1. The first-order valence-electron chi connectivity index (χ1n) is 7.54. The van der Waals surface area contributed by atoms with Gasteiger partial charge in [0.2, 0.25) is 0 Å². The Labute approximate surface area is 158 Å². The van der Waals surface area contributed by atoms with Crippen LogP contribution in [-0.4, -0.2) is 42.7 Å². The summed E-state index contributed by atoms with van der Waals surface area (Å²) in [6.45, 7) is 5.50. The molecule has 8 heteroatoms. The van der Waals surface area contributed by atoms with Crippen LogP contribution in [0.3, 0.4) is 0 Å². The van der Waals surface area contributed by atoms with Crippen LogP contribution in [0.5, 0.6) is 0 Å². The van der Waals surface area contributed by atoms with Crippen LogP contribution in [0, 0.1) is 5.92 Å². The Kier molecular flexibility index (Phi) is 10.3. The average molecular weight is 459 g/mol. The Bertz CT molecular complexity index is 506. The van der Waals surface area contributed by atoms with E-state index in [1.165, 1.54) is 12.1 Å². The number of nitrogens with zero attached hydrogens (tertiary/aromatic N) is 2. The highest BCUT2D eigenvalue weighted by atomic mass is 127. The van der Waals surface area contributed by atoms with Crippen molar-refractivity contribution in [2.45, 2.75) is 26.6 Å². The third kappa shape index (κ3) is 7.69. The molecule has 0 saturated heterocycles. The largest absolute Gasteiger partial charge is 0.416 e. The Morgan fingerprint density at radius 2 is 1.88 bits per heavy atom. The van der Waals surface area contributed by atoms with Crippen LogP contribution in [0.4, 0.5) is 13.2 Å². The molecule has 0 bridgehead atoms. The maximum atomic E-state index is 12.6. The fourth-order valence-corrected chi connectivity index (χ4v) is 1.92. The molecule has 0 aromatic heterocycles. The molecule has 4 nitrogen and oxygen atoms in total. The molecule has 0 fully saturated rings. The van der Waals surface area contributed by atoms with Gasteiger partial charge in [-0.05, 0) is 30.5 Å². The minimum absolute atomic E-state index is 0. The van der Waals surface area contributed by atoms with Crippen LogP contribution in [0.2, 0.25) is 0 Å². The maximum Gasteiger partial charge on any atom is 0.416 e. The summed E-state index contributed by atoms with van der Waals surface area (Å²) >= 11 is 0. The van der Waals surface area contributed by atoms with E-state index in [4.69, 9.17) is 5.11 Å². The standard InChI is InChI=1S/C16H24F3N3O.HI/c1-4-20-15(21-9-12(2)11-23)22(3)10-13-5-7-14(8-6-13)16(17,18)19;/h5-8,12,23H,4,9-11H2,1-3H3,(H,20,21);1H. The number of hydrogen-bond donors (Lipinski definition) is 2. The molecular formula is C16H25F3IN3O. The first kappa shape index (κ1) is 23.0. The van der Waals surface area contributed by atoms with Crippen molar-refractivity contribution in [3.8, 4) is 0 Å². The van der Waals surface area contributed by atoms with Crippen molar-refractivity contribution in [2.24, 2.45) is 10.9 Å². The van der Waals surface area contributed by atoms with Crippen molar-refractivity contribution in [2.75, 3.05) is 26.7 Å². The van der Waals surface area contributed by atoms with Gasteiger partial charge in [-0.3, -0.25) is 4.99 Å². The minimum atomic E-state index is -4.32. The summed E-state index contributed by atoms with van der Waals surface area (Å²) in [6, 6.07) is 5.11. The number of aliphatic hydroxyl groups is 1. The van der Waals surface area contributed by atoms with Gasteiger partial charge in [0.05, 0.1) is 5.56 Å². The predicted octanol–water partition coefficient (Wildman–Crippen LogP) is 3.35. The van der Waals surface area contributed by atoms with E-state index in [0.29, 0.717) is 25.6 Å². The predicted molar refractivity (Wildman–Crippen MR) is 101 cm³/mol. The molecule has 0 radical (unpaired) electrons. The van der Waals surface area contributed by atoms with E-state index in [0.717, 1.165) is 17.7 Å². The summed E-state index contributed by atoms with van der Waals surface area (Å²) in [7, 11) is 1.82. The van der Waals surface area contributed by atoms with E-state index >= 15 is 0 Å². The van der Waals surface area contributed by atoms with Crippen molar-refractivity contribution in [3.05, 3.63) is 35.4 Å². The van der Waals surface area contributed by atoms with Crippen LogP contribution in [0.25, 0.3) is 0 Å². The summed E-state index contributed by atoms with van der Waals surface area (Å²) in [4.78, 5) is 6.27. The molecule has 0 saturated carbocycles.